The quantitative estimate of drug-likeness (QED) is 0.757. The van der Waals surface area contributed by atoms with Crippen molar-refractivity contribution < 1.29 is 9.18 Å². The van der Waals surface area contributed by atoms with E-state index in [1.165, 1.54) is 12.1 Å². The summed E-state index contributed by atoms with van der Waals surface area (Å²) in [4.78, 5) is 12.4. The summed E-state index contributed by atoms with van der Waals surface area (Å²) < 4.78 is 16.1. The molecule has 8 heteroatoms. The van der Waals surface area contributed by atoms with Gasteiger partial charge in [0.25, 0.3) is 0 Å². The second kappa shape index (κ2) is 7.06. The van der Waals surface area contributed by atoms with Crippen molar-refractivity contribution in [2.24, 2.45) is 0 Å². The Morgan fingerprint density at radius 3 is 2.64 bits per heavy atom. The van der Waals surface area contributed by atoms with E-state index in [-0.39, 0.29) is 17.5 Å². The first-order chi connectivity index (χ1) is 11.9. The van der Waals surface area contributed by atoms with Crippen LogP contribution >= 0.6 is 11.6 Å². The summed E-state index contributed by atoms with van der Waals surface area (Å²) >= 11 is 6.15. The van der Waals surface area contributed by atoms with E-state index in [2.05, 4.69) is 15.5 Å². The van der Waals surface area contributed by atoms with Crippen molar-refractivity contribution >= 4 is 23.3 Å². The number of amides is 1. The molecule has 1 amide bonds. The lowest BCUT2D eigenvalue weighted by Gasteiger charge is -2.11. The minimum absolute atomic E-state index is 0.267. The Kier molecular flexibility index (Phi) is 4.85. The number of carbonyl (C=O) groups is 1. The first-order valence-electron chi connectivity index (χ1n) is 7.72. The summed E-state index contributed by atoms with van der Waals surface area (Å²) in [6.07, 6.45) is 3.36. The van der Waals surface area contributed by atoms with Crippen molar-refractivity contribution in [3.63, 3.8) is 0 Å². The van der Waals surface area contributed by atoms with Gasteiger partial charge in [-0.3, -0.25) is 14.2 Å². The smallest absolute Gasteiger partial charge is 0.250 e. The Bertz CT molecular complexity index is 887. The average Bonchev–Trinajstić information content (AvgIpc) is 3.15. The molecule has 0 aliphatic carbocycles. The number of rotatable bonds is 5. The van der Waals surface area contributed by atoms with Crippen molar-refractivity contribution in [2.45, 2.75) is 26.4 Å². The van der Waals surface area contributed by atoms with Gasteiger partial charge in [-0.05, 0) is 37.6 Å². The van der Waals surface area contributed by atoms with E-state index < -0.39 is 6.04 Å². The highest BCUT2D eigenvalue weighted by Crippen LogP contribution is 2.21. The number of hydrogen-bond acceptors (Lipinski definition) is 3. The summed E-state index contributed by atoms with van der Waals surface area (Å²) in [6, 6.07) is 7.45. The lowest BCUT2D eigenvalue weighted by atomic mass is 10.2. The van der Waals surface area contributed by atoms with Gasteiger partial charge in [-0.1, -0.05) is 23.7 Å². The molecule has 0 spiro atoms. The van der Waals surface area contributed by atoms with Gasteiger partial charge in [0, 0.05) is 12.4 Å². The summed E-state index contributed by atoms with van der Waals surface area (Å²) in [7, 11) is 0. The highest BCUT2D eigenvalue weighted by atomic mass is 35.5. The molecule has 3 rings (SSSR count). The number of benzene rings is 1. The molecular weight excluding hydrogens is 345 g/mol. The number of nitrogens with zero attached hydrogens (tertiary/aromatic N) is 4. The zero-order valence-electron chi connectivity index (χ0n) is 13.8. The van der Waals surface area contributed by atoms with Crippen LogP contribution in [0.5, 0.6) is 0 Å². The zero-order chi connectivity index (χ0) is 18.0. The van der Waals surface area contributed by atoms with E-state index in [4.69, 9.17) is 11.6 Å². The van der Waals surface area contributed by atoms with Crippen LogP contribution in [-0.2, 0) is 11.3 Å². The molecule has 0 radical (unpaired) electrons. The fourth-order valence-electron chi connectivity index (χ4n) is 2.33. The maximum absolute atomic E-state index is 13.0. The fourth-order valence-corrected chi connectivity index (χ4v) is 2.53. The molecule has 0 saturated heterocycles. The van der Waals surface area contributed by atoms with Gasteiger partial charge in [0.15, 0.2) is 5.82 Å². The van der Waals surface area contributed by atoms with Gasteiger partial charge >= 0.3 is 0 Å². The molecule has 25 heavy (non-hydrogen) atoms. The highest BCUT2D eigenvalue weighted by Gasteiger charge is 2.18. The Labute approximate surface area is 149 Å². The zero-order valence-corrected chi connectivity index (χ0v) is 14.5. The van der Waals surface area contributed by atoms with Crippen molar-refractivity contribution in [3.05, 3.63) is 64.8 Å². The standard InChI is InChI=1S/C17H17ClFN5O/c1-11-7-8-24(21-11)12(2)17(25)20-16-15(18)10-23(22-16)9-13-3-5-14(19)6-4-13/h3-8,10,12H,9H2,1-2H3,(H,20,22,25). The molecule has 1 unspecified atom stereocenters. The fraction of sp³-hybridized carbons (Fsp3) is 0.235. The van der Waals surface area contributed by atoms with Crippen LogP contribution in [0.2, 0.25) is 5.02 Å². The first kappa shape index (κ1) is 17.2. The van der Waals surface area contributed by atoms with Crippen LogP contribution in [0.1, 0.15) is 24.2 Å². The van der Waals surface area contributed by atoms with E-state index in [1.54, 1.807) is 40.8 Å². The monoisotopic (exact) mass is 361 g/mol. The molecule has 0 aliphatic heterocycles. The number of aromatic nitrogens is 4. The number of nitrogens with one attached hydrogen (secondary N) is 1. The predicted octanol–water partition coefficient (Wildman–Crippen LogP) is 3.43. The SMILES string of the molecule is Cc1ccn(C(C)C(=O)Nc2nn(Cc3ccc(F)cc3)cc2Cl)n1. The number of hydrogen-bond donors (Lipinski definition) is 1. The Hall–Kier alpha value is -2.67. The Balaban J connectivity index is 1.69. The normalized spacial score (nSPS) is 12.2. The van der Waals surface area contributed by atoms with E-state index in [0.29, 0.717) is 11.6 Å². The van der Waals surface area contributed by atoms with Gasteiger partial charge in [-0.25, -0.2) is 4.39 Å². The second-order valence-corrected chi connectivity index (χ2v) is 6.16. The van der Waals surface area contributed by atoms with Crippen molar-refractivity contribution in [1.29, 1.82) is 0 Å². The van der Waals surface area contributed by atoms with Gasteiger partial charge in [0.2, 0.25) is 5.91 Å². The molecular formula is C17H17ClFN5O. The van der Waals surface area contributed by atoms with Crippen molar-refractivity contribution in [3.8, 4) is 0 Å². The number of aryl methyl sites for hydroxylation is 1. The Morgan fingerprint density at radius 2 is 2.00 bits per heavy atom. The maximum atomic E-state index is 13.0. The van der Waals surface area contributed by atoms with Gasteiger partial charge in [-0.15, -0.1) is 0 Å². The molecule has 0 bridgehead atoms. The average molecular weight is 362 g/mol. The van der Waals surface area contributed by atoms with Gasteiger partial charge in [0.1, 0.15) is 16.9 Å². The van der Waals surface area contributed by atoms with Crippen LogP contribution in [0.3, 0.4) is 0 Å². The molecule has 130 valence electrons. The van der Waals surface area contributed by atoms with Crippen molar-refractivity contribution in [1.82, 2.24) is 19.6 Å². The van der Waals surface area contributed by atoms with Crippen LogP contribution in [-0.4, -0.2) is 25.5 Å². The van der Waals surface area contributed by atoms with Gasteiger partial charge in [-0.2, -0.15) is 10.2 Å². The second-order valence-electron chi connectivity index (χ2n) is 5.75. The molecule has 0 aliphatic rings. The molecule has 2 heterocycles. The Morgan fingerprint density at radius 1 is 1.28 bits per heavy atom. The topological polar surface area (TPSA) is 64.7 Å². The first-order valence-corrected chi connectivity index (χ1v) is 8.10. The van der Waals surface area contributed by atoms with E-state index >= 15 is 0 Å². The predicted molar refractivity (Wildman–Crippen MR) is 93.0 cm³/mol. The number of anilines is 1. The molecule has 1 aromatic carbocycles. The van der Waals surface area contributed by atoms with E-state index in [9.17, 15) is 9.18 Å². The molecule has 3 aromatic rings. The van der Waals surface area contributed by atoms with E-state index in [0.717, 1.165) is 11.3 Å². The third-order valence-corrected chi connectivity index (χ3v) is 4.01. The maximum Gasteiger partial charge on any atom is 0.250 e. The molecule has 0 fully saturated rings. The van der Waals surface area contributed by atoms with Crippen LogP contribution < -0.4 is 5.32 Å². The minimum Gasteiger partial charge on any atom is -0.306 e. The molecule has 0 saturated carbocycles. The molecule has 1 atom stereocenters. The third kappa shape index (κ3) is 4.06. The van der Waals surface area contributed by atoms with Crippen molar-refractivity contribution in [2.75, 3.05) is 5.32 Å². The molecule has 1 N–H and O–H groups in total. The van der Waals surface area contributed by atoms with Gasteiger partial charge < -0.3 is 5.32 Å². The van der Waals surface area contributed by atoms with Crippen LogP contribution in [0.25, 0.3) is 0 Å². The summed E-state index contributed by atoms with van der Waals surface area (Å²) in [6.45, 7) is 4.02. The lowest BCUT2D eigenvalue weighted by Crippen LogP contribution is -2.24. The van der Waals surface area contributed by atoms with Crippen LogP contribution in [0.4, 0.5) is 10.2 Å². The number of halogens is 2. The van der Waals surface area contributed by atoms with Gasteiger partial charge in [0.05, 0.1) is 12.2 Å². The highest BCUT2D eigenvalue weighted by molar-refractivity contribution is 6.33. The summed E-state index contributed by atoms with van der Waals surface area (Å²) in [5, 5.41) is 11.6. The molecule has 6 nitrogen and oxygen atoms in total. The largest absolute Gasteiger partial charge is 0.306 e. The van der Waals surface area contributed by atoms with Crippen LogP contribution in [0, 0.1) is 12.7 Å². The van der Waals surface area contributed by atoms with E-state index in [1.807, 2.05) is 13.0 Å². The minimum atomic E-state index is -0.494. The third-order valence-electron chi connectivity index (χ3n) is 3.73. The summed E-state index contributed by atoms with van der Waals surface area (Å²) in [5.74, 6) is -0.278. The van der Waals surface area contributed by atoms with Crippen LogP contribution in [0.15, 0.2) is 42.7 Å². The summed E-state index contributed by atoms with van der Waals surface area (Å²) in [5.41, 5.74) is 1.71. The lowest BCUT2D eigenvalue weighted by molar-refractivity contribution is -0.119. The molecule has 2 aromatic heterocycles. The number of carbonyl (C=O) groups excluding carboxylic acids is 1.